The van der Waals surface area contributed by atoms with Gasteiger partial charge in [0.25, 0.3) is 5.91 Å². The van der Waals surface area contributed by atoms with Crippen LogP contribution in [0.25, 0.3) is 0 Å². The van der Waals surface area contributed by atoms with E-state index in [9.17, 15) is 23.3 Å². The summed E-state index contributed by atoms with van der Waals surface area (Å²) in [7, 11) is -2.61. The average molecular weight is 436 g/mol. The van der Waals surface area contributed by atoms with Gasteiger partial charge in [0, 0.05) is 32.7 Å². The van der Waals surface area contributed by atoms with Crippen molar-refractivity contribution in [2.75, 3.05) is 32.7 Å². The van der Waals surface area contributed by atoms with Crippen molar-refractivity contribution in [2.45, 2.75) is 24.4 Å². The third-order valence-corrected chi connectivity index (χ3v) is 5.58. The topological polar surface area (TPSA) is 139 Å². The molecule has 1 fully saturated rings. The van der Waals surface area contributed by atoms with Gasteiger partial charge in [0.2, 0.25) is 0 Å². The van der Waals surface area contributed by atoms with Crippen molar-refractivity contribution in [1.82, 2.24) is 25.1 Å². The van der Waals surface area contributed by atoms with Crippen LogP contribution in [0.4, 0.5) is 5.95 Å². The van der Waals surface area contributed by atoms with Crippen molar-refractivity contribution >= 4 is 22.6 Å². The van der Waals surface area contributed by atoms with E-state index in [4.69, 9.17) is 0 Å². The van der Waals surface area contributed by atoms with Gasteiger partial charge in [-0.25, -0.2) is 13.0 Å². The van der Waals surface area contributed by atoms with Crippen LogP contribution in [0.1, 0.15) is 11.3 Å². The van der Waals surface area contributed by atoms with Gasteiger partial charge in [-0.05, 0) is 29.0 Å². The van der Waals surface area contributed by atoms with Crippen molar-refractivity contribution in [1.29, 1.82) is 0 Å². The van der Waals surface area contributed by atoms with Crippen molar-refractivity contribution in [2.24, 2.45) is 0 Å². The zero-order valence-corrected chi connectivity index (χ0v) is 17.2. The Morgan fingerprint density at radius 2 is 1.93 bits per heavy atom. The van der Waals surface area contributed by atoms with Crippen molar-refractivity contribution < 1.29 is 18.1 Å². The molecule has 0 aliphatic carbocycles. The minimum absolute atomic E-state index is 0.187. The summed E-state index contributed by atoms with van der Waals surface area (Å²) in [4.78, 5) is 29.4. The second kappa shape index (κ2) is 10.3. The highest BCUT2D eigenvalue weighted by Crippen LogP contribution is 2.15. The minimum Gasteiger partial charge on any atom is -0.390 e. The number of nitrogens with zero attached hydrogens (tertiary/aromatic N) is 4. The van der Waals surface area contributed by atoms with Gasteiger partial charge in [0.1, 0.15) is 11.9 Å². The summed E-state index contributed by atoms with van der Waals surface area (Å²) in [6.45, 7) is 3.98. The molecule has 0 saturated carbocycles. The lowest BCUT2D eigenvalue weighted by molar-refractivity contribution is -0.396. The number of carbonyl (C=O) groups excluding carboxylic acids is 1. The maximum atomic E-state index is 12.4. The van der Waals surface area contributed by atoms with E-state index in [0.29, 0.717) is 25.2 Å². The summed E-state index contributed by atoms with van der Waals surface area (Å²) in [5, 5.41) is 17.3. The van der Waals surface area contributed by atoms with Gasteiger partial charge in [0.05, 0.1) is 11.4 Å². The Hall–Kier alpha value is -2.83. The van der Waals surface area contributed by atoms with Crippen LogP contribution in [0, 0.1) is 10.1 Å². The molecule has 0 bridgehead atoms. The Labute approximate surface area is 175 Å². The fraction of sp³-hybridized carbons (Fsp3) is 0.444. The van der Waals surface area contributed by atoms with Gasteiger partial charge in [-0.1, -0.05) is 17.1 Å². The maximum Gasteiger partial charge on any atom is 0.435 e. The minimum atomic E-state index is -2.61. The van der Waals surface area contributed by atoms with Crippen LogP contribution in [0.3, 0.4) is 0 Å². The molecule has 1 aliphatic rings. The first kappa shape index (κ1) is 21.9. The molecule has 2 heterocycles. The van der Waals surface area contributed by atoms with Crippen LogP contribution in [0.2, 0.25) is 0 Å². The SMILES string of the molecule is O=C(Cn1c(CN2CCNCC2)cnc1[N+](=O)[O-])NCCc1ccc([SH](=O)=O)cc1. The summed E-state index contributed by atoms with van der Waals surface area (Å²) in [5.74, 6) is -0.700. The summed E-state index contributed by atoms with van der Waals surface area (Å²) < 4.78 is 23.2. The molecule has 30 heavy (non-hydrogen) atoms. The molecule has 3 rings (SSSR count). The fourth-order valence-corrected chi connectivity index (χ4v) is 3.67. The second-order valence-corrected chi connectivity index (χ2v) is 7.97. The van der Waals surface area contributed by atoms with Gasteiger partial charge in [0.15, 0.2) is 17.2 Å². The van der Waals surface area contributed by atoms with Gasteiger partial charge in [-0.2, -0.15) is 0 Å². The first-order valence-electron chi connectivity index (χ1n) is 9.56. The summed E-state index contributed by atoms with van der Waals surface area (Å²) in [6.07, 6.45) is 1.97. The van der Waals surface area contributed by atoms with E-state index in [1.165, 1.54) is 22.9 Å². The maximum absolute atomic E-state index is 12.4. The molecule has 0 atom stereocenters. The van der Waals surface area contributed by atoms with Crippen molar-refractivity contribution in [3.8, 4) is 0 Å². The first-order chi connectivity index (χ1) is 14.4. The molecule has 12 heteroatoms. The standard InChI is InChI=1S/C18H24N6O5S/c25-17(20-6-5-14-1-3-16(4-2-14)30(28)29)13-23-15(11-21-18(23)24(26)27)12-22-9-7-19-8-10-22/h1-4,11,19,30H,5-10,12-13H2,(H,20,25). The number of hydrogen-bond donors (Lipinski definition) is 3. The number of rotatable bonds is 9. The Kier molecular flexibility index (Phi) is 7.49. The molecule has 0 radical (unpaired) electrons. The van der Waals surface area contributed by atoms with Crippen LogP contribution < -0.4 is 10.6 Å². The number of hydrogen-bond acceptors (Lipinski definition) is 8. The molecule has 0 spiro atoms. The van der Waals surface area contributed by atoms with Crippen molar-refractivity contribution in [3.05, 3.63) is 51.8 Å². The van der Waals surface area contributed by atoms with Gasteiger partial charge in [-0.3, -0.25) is 9.69 Å². The molecule has 11 nitrogen and oxygen atoms in total. The highest BCUT2D eigenvalue weighted by atomic mass is 32.2. The van der Waals surface area contributed by atoms with Gasteiger partial charge in [-0.15, -0.1) is 0 Å². The lowest BCUT2D eigenvalue weighted by Crippen LogP contribution is -2.43. The molecule has 2 aromatic rings. The van der Waals surface area contributed by atoms with Crippen LogP contribution in [-0.4, -0.2) is 66.4 Å². The van der Waals surface area contributed by atoms with Gasteiger partial charge < -0.3 is 20.7 Å². The van der Waals surface area contributed by atoms with E-state index in [0.717, 1.165) is 31.7 Å². The smallest absolute Gasteiger partial charge is 0.390 e. The zero-order valence-electron chi connectivity index (χ0n) is 16.3. The number of imidazole rings is 1. The van der Waals surface area contributed by atoms with E-state index in [-0.39, 0.29) is 23.3 Å². The molecule has 1 amide bonds. The highest BCUT2D eigenvalue weighted by Gasteiger charge is 2.24. The third-order valence-electron chi connectivity index (χ3n) is 4.86. The quantitative estimate of drug-likeness (QED) is 0.272. The molecule has 162 valence electrons. The number of amides is 1. The summed E-state index contributed by atoms with van der Waals surface area (Å²) in [5.41, 5.74) is 1.50. The van der Waals surface area contributed by atoms with Crippen LogP contribution in [-0.2, 0) is 35.0 Å². The Bertz CT molecular complexity index is 958. The number of carbonyl (C=O) groups is 1. The predicted octanol–water partition coefficient (Wildman–Crippen LogP) is -0.474. The molecular weight excluding hydrogens is 412 g/mol. The van der Waals surface area contributed by atoms with E-state index >= 15 is 0 Å². The molecular formula is C18H24N6O5S. The number of aromatic nitrogens is 2. The monoisotopic (exact) mass is 436 g/mol. The average Bonchev–Trinajstić information content (AvgIpc) is 3.11. The third kappa shape index (κ3) is 5.84. The number of piperazine rings is 1. The normalized spacial score (nSPS) is 14.7. The number of benzene rings is 1. The van der Waals surface area contributed by atoms with Crippen LogP contribution in [0.5, 0.6) is 0 Å². The van der Waals surface area contributed by atoms with Crippen LogP contribution in [0.15, 0.2) is 35.4 Å². The Morgan fingerprint density at radius 1 is 1.23 bits per heavy atom. The summed E-state index contributed by atoms with van der Waals surface area (Å²) >= 11 is 0. The molecule has 1 aromatic carbocycles. The fourth-order valence-electron chi connectivity index (χ4n) is 3.27. The second-order valence-electron chi connectivity index (χ2n) is 6.94. The lowest BCUT2D eigenvalue weighted by atomic mass is 10.1. The largest absolute Gasteiger partial charge is 0.435 e. The molecule has 0 unspecified atom stereocenters. The lowest BCUT2D eigenvalue weighted by Gasteiger charge is -2.26. The summed E-state index contributed by atoms with van der Waals surface area (Å²) in [6, 6.07) is 6.41. The van der Waals surface area contributed by atoms with Crippen molar-refractivity contribution in [3.63, 3.8) is 0 Å². The van der Waals surface area contributed by atoms with Gasteiger partial charge >= 0.3 is 5.95 Å². The van der Waals surface area contributed by atoms with E-state index in [2.05, 4.69) is 20.5 Å². The molecule has 1 saturated heterocycles. The number of thiol groups is 1. The van der Waals surface area contributed by atoms with Crippen LogP contribution >= 0.6 is 0 Å². The molecule has 1 aliphatic heterocycles. The van der Waals surface area contributed by atoms with E-state index in [1.54, 1.807) is 12.1 Å². The number of nitrogens with one attached hydrogen (secondary N) is 2. The Morgan fingerprint density at radius 3 is 2.57 bits per heavy atom. The number of nitro groups is 1. The predicted molar refractivity (Wildman–Crippen MR) is 109 cm³/mol. The molecule has 1 aromatic heterocycles. The molecule has 2 N–H and O–H groups in total. The Balaban J connectivity index is 1.58. The first-order valence-corrected chi connectivity index (χ1v) is 10.7. The highest BCUT2D eigenvalue weighted by molar-refractivity contribution is 7.72. The van der Waals surface area contributed by atoms with E-state index in [1.807, 2.05) is 0 Å². The zero-order chi connectivity index (χ0) is 21.5. The van der Waals surface area contributed by atoms with E-state index < -0.39 is 15.6 Å².